The number of nitrogens with one attached hydrogen (secondary N) is 1. The van der Waals surface area contributed by atoms with Crippen LogP contribution < -0.4 is 15.8 Å². The number of nitrogens with two attached hydrogens (primary N) is 1. The molecular formula is C11H20N4O. The van der Waals surface area contributed by atoms with Crippen LogP contribution in [0.5, 0.6) is 5.88 Å². The molecule has 5 nitrogen and oxygen atoms in total. The van der Waals surface area contributed by atoms with E-state index in [2.05, 4.69) is 29.1 Å². The molecule has 0 aliphatic rings. The zero-order valence-electron chi connectivity index (χ0n) is 10.2. The molecule has 0 unspecified atom stereocenters. The fraction of sp³-hybridized carbons (Fsp3) is 0.636. The summed E-state index contributed by atoms with van der Waals surface area (Å²) in [5.41, 5.74) is 5.69. The van der Waals surface area contributed by atoms with Gasteiger partial charge in [-0.05, 0) is 18.9 Å². The van der Waals surface area contributed by atoms with Gasteiger partial charge < -0.3 is 15.8 Å². The molecule has 1 rings (SSSR count). The highest BCUT2D eigenvalue weighted by Crippen LogP contribution is 2.15. The Morgan fingerprint density at radius 3 is 2.81 bits per heavy atom. The maximum atomic E-state index is 5.65. The van der Waals surface area contributed by atoms with Crippen molar-refractivity contribution in [3.63, 3.8) is 0 Å². The van der Waals surface area contributed by atoms with Crippen LogP contribution in [-0.4, -0.2) is 29.7 Å². The van der Waals surface area contributed by atoms with E-state index >= 15 is 0 Å². The van der Waals surface area contributed by atoms with Gasteiger partial charge in [0.2, 0.25) is 5.88 Å². The maximum Gasteiger partial charge on any atom is 0.234 e. The zero-order valence-corrected chi connectivity index (χ0v) is 10.2. The Morgan fingerprint density at radius 1 is 1.44 bits per heavy atom. The molecule has 90 valence electrons. The van der Waals surface area contributed by atoms with Crippen LogP contribution in [0.3, 0.4) is 0 Å². The van der Waals surface area contributed by atoms with E-state index in [1.807, 2.05) is 6.92 Å². The molecule has 0 radical (unpaired) electrons. The first-order chi connectivity index (χ1) is 7.57. The van der Waals surface area contributed by atoms with Crippen molar-refractivity contribution in [1.82, 2.24) is 9.97 Å². The summed E-state index contributed by atoms with van der Waals surface area (Å²) >= 11 is 0. The number of nitrogens with zero attached hydrogens (tertiary/aromatic N) is 2. The number of ether oxygens (including phenoxy) is 1. The molecule has 0 bridgehead atoms. The highest BCUT2D eigenvalue weighted by atomic mass is 16.5. The highest BCUT2D eigenvalue weighted by molar-refractivity contribution is 5.33. The van der Waals surface area contributed by atoms with Crippen LogP contribution in [0.2, 0.25) is 0 Å². The van der Waals surface area contributed by atoms with Gasteiger partial charge in [-0.3, -0.25) is 4.98 Å². The third-order valence-electron chi connectivity index (χ3n) is 2.21. The molecule has 0 amide bonds. The lowest BCUT2D eigenvalue weighted by atomic mass is 9.94. The third-order valence-corrected chi connectivity index (χ3v) is 2.21. The second-order valence-electron chi connectivity index (χ2n) is 4.40. The van der Waals surface area contributed by atoms with E-state index in [1.165, 1.54) is 0 Å². The molecule has 16 heavy (non-hydrogen) atoms. The summed E-state index contributed by atoms with van der Waals surface area (Å²) in [6, 6.07) is 0. The largest absolute Gasteiger partial charge is 0.477 e. The summed E-state index contributed by atoms with van der Waals surface area (Å²) in [6.45, 7) is 8.08. The first kappa shape index (κ1) is 12.7. The molecule has 0 saturated carbocycles. The normalized spacial score (nSPS) is 11.2. The minimum absolute atomic E-state index is 0.0449. The number of aromatic nitrogens is 2. The van der Waals surface area contributed by atoms with Crippen LogP contribution in [0.15, 0.2) is 12.4 Å². The van der Waals surface area contributed by atoms with Crippen molar-refractivity contribution in [3.05, 3.63) is 12.4 Å². The number of rotatable bonds is 6. The van der Waals surface area contributed by atoms with Gasteiger partial charge in [-0.1, -0.05) is 13.8 Å². The number of hydrogen-bond donors (Lipinski definition) is 2. The predicted molar refractivity (Wildman–Crippen MR) is 64.5 cm³/mol. The van der Waals surface area contributed by atoms with E-state index in [1.54, 1.807) is 12.4 Å². The Labute approximate surface area is 96.4 Å². The molecule has 0 atom stereocenters. The van der Waals surface area contributed by atoms with Crippen molar-refractivity contribution in [3.8, 4) is 5.88 Å². The van der Waals surface area contributed by atoms with Crippen LogP contribution in [-0.2, 0) is 0 Å². The van der Waals surface area contributed by atoms with Crippen LogP contribution in [0, 0.1) is 5.41 Å². The summed E-state index contributed by atoms with van der Waals surface area (Å²) in [7, 11) is 0. The Kier molecular flexibility index (Phi) is 4.49. The van der Waals surface area contributed by atoms with Gasteiger partial charge in [-0.15, -0.1) is 0 Å². The molecule has 0 saturated heterocycles. The topological polar surface area (TPSA) is 73.1 Å². The first-order valence-electron chi connectivity index (χ1n) is 5.46. The van der Waals surface area contributed by atoms with Gasteiger partial charge in [0.25, 0.3) is 0 Å². The first-order valence-corrected chi connectivity index (χ1v) is 5.46. The van der Waals surface area contributed by atoms with Gasteiger partial charge in [-0.2, -0.15) is 4.98 Å². The Hall–Kier alpha value is -1.36. The molecule has 0 aliphatic heterocycles. The summed E-state index contributed by atoms with van der Waals surface area (Å²) in [4.78, 5) is 8.31. The fourth-order valence-electron chi connectivity index (χ4n) is 1.05. The van der Waals surface area contributed by atoms with E-state index in [9.17, 15) is 0 Å². The van der Waals surface area contributed by atoms with Crippen LogP contribution in [0.1, 0.15) is 20.8 Å². The van der Waals surface area contributed by atoms with Crippen molar-refractivity contribution in [2.24, 2.45) is 11.1 Å². The van der Waals surface area contributed by atoms with Crippen LogP contribution >= 0.6 is 0 Å². The molecule has 1 heterocycles. The quantitative estimate of drug-likeness (QED) is 0.761. The second-order valence-corrected chi connectivity index (χ2v) is 4.40. The van der Waals surface area contributed by atoms with Crippen molar-refractivity contribution >= 4 is 5.82 Å². The molecule has 1 aromatic heterocycles. The van der Waals surface area contributed by atoms with Gasteiger partial charge in [0, 0.05) is 6.54 Å². The predicted octanol–water partition coefficient (Wildman–Crippen LogP) is 1.27. The molecule has 0 aromatic carbocycles. The van der Waals surface area contributed by atoms with Crippen molar-refractivity contribution in [1.29, 1.82) is 0 Å². The van der Waals surface area contributed by atoms with Gasteiger partial charge in [0.1, 0.15) is 5.82 Å². The van der Waals surface area contributed by atoms with Gasteiger partial charge in [0.05, 0.1) is 19.0 Å². The molecule has 3 N–H and O–H groups in total. The smallest absolute Gasteiger partial charge is 0.234 e. The minimum Gasteiger partial charge on any atom is -0.477 e. The van der Waals surface area contributed by atoms with E-state index in [0.29, 0.717) is 24.8 Å². The summed E-state index contributed by atoms with van der Waals surface area (Å²) in [5, 5.41) is 3.20. The van der Waals surface area contributed by atoms with E-state index < -0.39 is 0 Å². The van der Waals surface area contributed by atoms with E-state index in [0.717, 1.165) is 6.54 Å². The maximum absolute atomic E-state index is 5.65. The fourth-order valence-corrected chi connectivity index (χ4v) is 1.05. The molecule has 0 spiro atoms. The van der Waals surface area contributed by atoms with Crippen molar-refractivity contribution in [2.75, 3.05) is 25.0 Å². The SMILES string of the molecule is CCOc1cncc(NCC(C)(C)CN)n1. The lowest BCUT2D eigenvalue weighted by Crippen LogP contribution is -2.31. The minimum atomic E-state index is 0.0449. The summed E-state index contributed by atoms with van der Waals surface area (Å²) in [6.07, 6.45) is 3.28. The van der Waals surface area contributed by atoms with Crippen molar-refractivity contribution < 1.29 is 4.74 Å². The van der Waals surface area contributed by atoms with Crippen LogP contribution in [0.25, 0.3) is 0 Å². The highest BCUT2D eigenvalue weighted by Gasteiger charge is 2.15. The van der Waals surface area contributed by atoms with Gasteiger partial charge in [0.15, 0.2) is 0 Å². The molecule has 1 aromatic rings. The summed E-state index contributed by atoms with van der Waals surface area (Å²) in [5.74, 6) is 1.26. The molecule has 0 aliphatic carbocycles. The lowest BCUT2D eigenvalue weighted by Gasteiger charge is -2.22. The number of anilines is 1. The third kappa shape index (κ3) is 4.02. The lowest BCUT2D eigenvalue weighted by molar-refractivity contribution is 0.325. The average molecular weight is 224 g/mol. The average Bonchev–Trinajstić information content (AvgIpc) is 2.28. The molecular weight excluding hydrogens is 204 g/mol. The Morgan fingerprint density at radius 2 is 2.19 bits per heavy atom. The van der Waals surface area contributed by atoms with E-state index in [4.69, 9.17) is 10.5 Å². The number of hydrogen-bond acceptors (Lipinski definition) is 5. The monoisotopic (exact) mass is 224 g/mol. The standard InChI is InChI=1S/C11H20N4O/c1-4-16-10-6-13-5-9(15-10)14-8-11(2,3)7-12/h5-6H,4,7-8,12H2,1-3H3,(H,14,15). The van der Waals surface area contributed by atoms with Gasteiger partial charge >= 0.3 is 0 Å². The zero-order chi connectivity index (χ0) is 12.0. The molecule has 0 fully saturated rings. The van der Waals surface area contributed by atoms with Crippen LogP contribution in [0.4, 0.5) is 5.82 Å². The Bertz CT molecular complexity index is 328. The Balaban J connectivity index is 2.57. The second kappa shape index (κ2) is 5.65. The van der Waals surface area contributed by atoms with E-state index in [-0.39, 0.29) is 5.41 Å². The van der Waals surface area contributed by atoms with Crippen molar-refractivity contribution in [2.45, 2.75) is 20.8 Å². The molecule has 5 heteroatoms. The van der Waals surface area contributed by atoms with Gasteiger partial charge in [-0.25, -0.2) is 0 Å². The summed E-state index contributed by atoms with van der Waals surface area (Å²) < 4.78 is 5.27.